The van der Waals surface area contributed by atoms with Gasteiger partial charge in [-0.15, -0.1) is 0 Å². The van der Waals surface area contributed by atoms with Crippen LogP contribution in [-0.4, -0.2) is 55.9 Å². The lowest BCUT2D eigenvalue weighted by molar-refractivity contribution is -0.151. The van der Waals surface area contributed by atoms with E-state index in [0.29, 0.717) is 25.8 Å². The van der Waals surface area contributed by atoms with Crippen LogP contribution in [0.3, 0.4) is 0 Å². The standard InChI is InChI=1S/C29H37N3O5/c1-19(2)37-28(34)26(32-27(33)25-15-9-17-30-25)14-7-8-16-31-29(35)36-18-24-22-12-5-3-10-20(22)21-11-4-6-13-23(21)24/h3-6,10-13,19,24-26,30H,7-9,14-18H2,1-2H3,(H,31,35)(H,32,33)/t25-,26?/m0/s1. The van der Waals surface area contributed by atoms with Crippen LogP contribution in [0.1, 0.15) is 63.0 Å². The summed E-state index contributed by atoms with van der Waals surface area (Å²) in [5.74, 6) is -0.574. The summed E-state index contributed by atoms with van der Waals surface area (Å²) >= 11 is 0. The Morgan fingerprint density at radius 1 is 1.00 bits per heavy atom. The van der Waals surface area contributed by atoms with E-state index in [1.54, 1.807) is 13.8 Å². The molecular weight excluding hydrogens is 470 g/mol. The van der Waals surface area contributed by atoms with Crippen molar-refractivity contribution < 1.29 is 23.9 Å². The van der Waals surface area contributed by atoms with Crippen LogP contribution < -0.4 is 16.0 Å². The predicted octanol–water partition coefficient (Wildman–Crippen LogP) is 3.88. The number of hydrogen-bond donors (Lipinski definition) is 3. The van der Waals surface area contributed by atoms with Crippen molar-refractivity contribution in [2.45, 2.75) is 70.1 Å². The van der Waals surface area contributed by atoms with Gasteiger partial charge in [0.15, 0.2) is 0 Å². The fraction of sp³-hybridized carbons (Fsp3) is 0.483. The van der Waals surface area contributed by atoms with Crippen molar-refractivity contribution in [1.82, 2.24) is 16.0 Å². The number of carbonyl (C=O) groups is 3. The minimum Gasteiger partial charge on any atom is -0.461 e. The first kappa shape index (κ1) is 26.7. The molecule has 4 rings (SSSR count). The summed E-state index contributed by atoms with van der Waals surface area (Å²) in [6.07, 6.45) is 2.72. The molecule has 1 aliphatic carbocycles. The molecule has 0 spiro atoms. The molecule has 1 saturated heterocycles. The molecule has 2 aliphatic rings. The lowest BCUT2D eigenvalue weighted by atomic mass is 9.98. The van der Waals surface area contributed by atoms with E-state index in [4.69, 9.17) is 9.47 Å². The Labute approximate surface area is 218 Å². The Hall–Kier alpha value is -3.39. The summed E-state index contributed by atoms with van der Waals surface area (Å²) < 4.78 is 10.9. The number of fused-ring (bicyclic) bond motifs is 3. The first-order chi connectivity index (χ1) is 17.9. The van der Waals surface area contributed by atoms with Crippen molar-refractivity contribution in [1.29, 1.82) is 0 Å². The van der Waals surface area contributed by atoms with Crippen molar-refractivity contribution in [2.75, 3.05) is 19.7 Å². The maximum Gasteiger partial charge on any atom is 0.407 e. The zero-order valence-corrected chi connectivity index (χ0v) is 21.6. The molecule has 8 nitrogen and oxygen atoms in total. The third-order valence-electron chi connectivity index (χ3n) is 6.86. The van der Waals surface area contributed by atoms with Gasteiger partial charge in [-0.05, 0) is 74.8 Å². The Balaban J connectivity index is 1.20. The van der Waals surface area contributed by atoms with Gasteiger partial charge >= 0.3 is 12.1 Å². The first-order valence-corrected chi connectivity index (χ1v) is 13.3. The normalized spacial score (nSPS) is 17.1. The minimum atomic E-state index is -0.702. The number of unbranched alkanes of at least 4 members (excludes halogenated alkanes) is 1. The predicted molar refractivity (Wildman–Crippen MR) is 141 cm³/mol. The van der Waals surface area contributed by atoms with Gasteiger partial charge in [-0.3, -0.25) is 4.79 Å². The van der Waals surface area contributed by atoms with E-state index in [-0.39, 0.29) is 30.6 Å². The molecular formula is C29H37N3O5. The molecule has 8 heteroatoms. The van der Waals surface area contributed by atoms with Crippen LogP contribution in [0.15, 0.2) is 48.5 Å². The molecule has 3 N–H and O–H groups in total. The molecule has 0 bridgehead atoms. The van der Waals surface area contributed by atoms with Crippen molar-refractivity contribution in [3.05, 3.63) is 59.7 Å². The first-order valence-electron chi connectivity index (χ1n) is 13.3. The maximum atomic E-state index is 12.5. The molecule has 2 aromatic carbocycles. The smallest absolute Gasteiger partial charge is 0.407 e. The van der Waals surface area contributed by atoms with E-state index in [2.05, 4.69) is 40.2 Å². The second kappa shape index (κ2) is 12.7. The molecule has 1 aliphatic heterocycles. The van der Waals surface area contributed by atoms with Crippen LogP contribution in [0, 0.1) is 0 Å². The monoisotopic (exact) mass is 507 g/mol. The van der Waals surface area contributed by atoms with Crippen LogP contribution in [0.2, 0.25) is 0 Å². The topological polar surface area (TPSA) is 106 Å². The molecule has 1 unspecified atom stereocenters. The Bertz CT molecular complexity index is 1050. The van der Waals surface area contributed by atoms with Gasteiger partial charge in [0.05, 0.1) is 12.1 Å². The Morgan fingerprint density at radius 2 is 1.68 bits per heavy atom. The summed E-state index contributed by atoms with van der Waals surface area (Å²) in [5.41, 5.74) is 4.72. The van der Waals surface area contributed by atoms with Crippen LogP contribution in [0.4, 0.5) is 4.79 Å². The van der Waals surface area contributed by atoms with Crippen molar-refractivity contribution in [2.24, 2.45) is 0 Å². The fourth-order valence-electron chi connectivity index (χ4n) is 5.06. The van der Waals surface area contributed by atoms with Gasteiger partial charge in [-0.2, -0.15) is 0 Å². The molecule has 1 heterocycles. The maximum absolute atomic E-state index is 12.5. The SMILES string of the molecule is CC(C)OC(=O)C(CCCCNC(=O)OCC1c2ccccc2-c2ccccc21)NC(=O)[C@@H]1CCCN1. The highest BCUT2D eigenvalue weighted by Crippen LogP contribution is 2.44. The van der Waals surface area contributed by atoms with Crippen LogP contribution >= 0.6 is 0 Å². The Morgan fingerprint density at radius 3 is 2.30 bits per heavy atom. The number of amides is 2. The molecule has 0 aromatic heterocycles. The zero-order valence-electron chi connectivity index (χ0n) is 21.6. The second-order valence-corrected chi connectivity index (χ2v) is 9.94. The third kappa shape index (κ3) is 6.89. The van der Waals surface area contributed by atoms with Crippen molar-refractivity contribution in [3.8, 4) is 11.1 Å². The van der Waals surface area contributed by atoms with E-state index < -0.39 is 18.1 Å². The highest BCUT2D eigenvalue weighted by molar-refractivity contribution is 5.87. The van der Waals surface area contributed by atoms with Gasteiger partial charge < -0.3 is 25.4 Å². The Kier molecular flexibility index (Phi) is 9.17. The summed E-state index contributed by atoms with van der Waals surface area (Å²) in [6, 6.07) is 15.5. The van der Waals surface area contributed by atoms with E-state index in [9.17, 15) is 14.4 Å². The highest BCUT2D eigenvalue weighted by atomic mass is 16.5. The van der Waals surface area contributed by atoms with Gasteiger partial charge in [-0.25, -0.2) is 9.59 Å². The highest BCUT2D eigenvalue weighted by Gasteiger charge is 2.30. The summed E-state index contributed by atoms with van der Waals surface area (Å²) in [4.78, 5) is 37.4. The molecule has 2 atom stereocenters. The largest absolute Gasteiger partial charge is 0.461 e. The summed E-state index contributed by atoms with van der Waals surface area (Å²) in [6.45, 7) is 5.06. The van der Waals surface area contributed by atoms with Gasteiger partial charge in [0.25, 0.3) is 0 Å². The van der Waals surface area contributed by atoms with Gasteiger partial charge in [-0.1, -0.05) is 48.5 Å². The van der Waals surface area contributed by atoms with Gasteiger partial charge in [0.2, 0.25) is 5.91 Å². The van der Waals surface area contributed by atoms with E-state index >= 15 is 0 Å². The average Bonchev–Trinajstić information content (AvgIpc) is 3.53. The summed E-state index contributed by atoms with van der Waals surface area (Å²) in [5, 5.41) is 8.79. The number of alkyl carbamates (subject to hydrolysis) is 1. The number of ether oxygens (including phenoxy) is 2. The van der Waals surface area contributed by atoms with Crippen LogP contribution in [0.25, 0.3) is 11.1 Å². The van der Waals surface area contributed by atoms with E-state index in [0.717, 1.165) is 19.4 Å². The molecule has 0 saturated carbocycles. The van der Waals surface area contributed by atoms with Crippen molar-refractivity contribution >= 4 is 18.0 Å². The average molecular weight is 508 g/mol. The van der Waals surface area contributed by atoms with Gasteiger partial charge in [0, 0.05) is 12.5 Å². The number of benzene rings is 2. The zero-order chi connectivity index (χ0) is 26.2. The minimum absolute atomic E-state index is 0.0175. The molecule has 2 amide bonds. The quantitative estimate of drug-likeness (QED) is 0.315. The molecule has 198 valence electrons. The number of carbonyl (C=O) groups excluding carboxylic acids is 3. The van der Waals surface area contributed by atoms with Crippen LogP contribution in [-0.2, 0) is 19.1 Å². The molecule has 2 aromatic rings. The molecule has 37 heavy (non-hydrogen) atoms. The second-order valence-electron chi connectivity index (χ2n) is 9.94. The van der Waals surface area contributed by atoms with Gasteiger partial charge in [0.1, 0.15) is 12.6 Å². The molecule has 0 radical (unpaired) electrons. The lowest BCUT2D eigenvalue weighted by Crippen LogP contribution is -2.49. The number of nitrogens with one attached hydrogen (secondary N) is 3. The summed E-state index contributed by atoms with van der Waals surface area (Å²) in [7, 11) is 0. The number of hydrogen-bond acceptors (Lipinski definition) is 6. The van der Waals surface area contributed by atoms with Crippen molar-refractivity contribution in [3.63, 3.8) is 0 Å². The number of esters is 1. The number of rotatable bonds is 11. The fourth-order valence-corrected chi connectivity index (χ4v) is 5.06. The third-order valence-corrected chi connectivity index (χ3v) is 6.86. The van der Waals surface area contributed by atoms with E-state index in [1.807, 2.05) is 24.3 Å². The van der Waals surface area contributed by atoms with Crippen LogP contribution in [0.5, 0.6) is 0 Å². The van der Waals surface area contributed by atoms with E-state index in [1.165, 1.54) is 22.3 Å². The molecule has 1 fully saturated rings. The lowest BCUT2D eigenvalue weighted by Gasteiger charge is -2.21.